The number of nitrogens with zero attached hydrogens (tertiary/aromatic N) is 2. The highest BCUT2D eigenvalue weighted by Gasteiger charge is 2.16. The van der Waals surface area contributed by atoms with Gasteiger partial charge in [0.05, 0.1) is 10.6 Å². The fraction of sp³-hybridized carbons (Fsp3) is 0. The van der Waals surface area contributed by atoms with Crippen molar-refractivity contribution in [1.29, 1.82) is 0 Å². The molecule has 7 heteroatoms. The Morgan fingerprint density at radius 1 is 1.04 bits per heavy atom. The molecule has 1 amide bonds. The second-order valence-corrected chi connectivity index (χ2v) is 6.21. The summed E-state index contributed by atoms with van der Waals surface area (Å²) >= 11 is 9.34. The number of rotatable bonds is 3. The molecule has 3 rings (SSSR count). The van der Waals surface area contributed by atoms with Crippen molar-refractivity contribution in [3.63, 3.8) is 0 Å². The molecule has 120 valence electrons. The van der Waals surface area contributed by atoms with Crippen LogP contribution >= 0.6 is 27.5 Å². The summed E-state index contributed by atoms with van der Waals surface area (Å²) in [5, 5.41) is 7.08. The molecule has 1 aromatic heterocycles. The van der Waals surface area contributed by atoms with Crippen molar-refractivity contribution < 1.29 is 9.59 Å². The summed E-state index contributed by atoms with van der Waals surface area (Å²) in [5.41, 5.74) is 1.09. The maximum Gasteiger partial charge on any atom is 0.279 e. The molecular formula is C17H11BrClN3O2. The maximum absolute atomic E-state index is 12.4. The molecule has 0 aliphatic rings. The van der Waals surface area contributed by atoms with Gasteiger partial charge in [-0.3, -0.25) is 9.59 Å². The molecule has 0 unspecified atom stereocenters. The number of hydrogen-bond donors (Lipinski definition) is 1. The van der Waals surface area contributed by atoms with E-state index in [-0.39, 0.29) is 5.69 Å². The van der Waals surface area contributed by atoms with Crippen molar-refractivity contribution in [3.05, 3.63) is 81.5 Å². The van der Waals surface area contributed by atoms with Gasteiger partial charge in [-0.2, -0.15) is 5.10 Å². The van der Waals surface area contributed by atoms with E-state index in [9.17, 15) is 9.59 Å². The van der Waals surface area contributed by atoms with Crippen molar-refractivity contribution >= 4 is 45.0 Å². The summed E-state index contributed by atoms with van der Waals surface area (Å²) in [5.74, 6) is -0.800. The zero-order valence-electron chi connectivity index (χ0n) is 12.2. The predicted molar refractivity (Wildman–Crippen MR) is 95.5 cm³/mol. The van der Waals surface area contributed by atoms with Crippen LogP contribution in [-0.4, -0.2) is 21.6 Å². The number of nitrogens with one attached hydrogen (secondary N) is 1. The normalized spacial score (nSPS) is 10.4. The van der Waals surface area contributed by atoms with Gasteiger partial charge >= 0.3 is 0 Å². The van der Waals surface area contributed by atoms with E-state index in [0.29, 0.717) is 16.3 Å². The first-order valence-electron chi connectivity index (χ1n) is 6.96. The molecule has 0 bridgehead atoms. The number of carbonyl (C=O) groups excluding carboxylic acids is 2. The first-order valence-corrected chi connectivity index (χ1v) is 8.13. The standard InChI is InChI=1S/C17H11BrClN3O2/c18-11-5-7-12(8-6-11)20-16(23)15-9-10-22(21-15)17(24)13-3-1-2-4-14(13)19/h1-10H,(H,20,23). The summed E-state index contributed by atoms with van der Waals surface area (Å²) in [6, 6.07) is 15.3. The minimum Gasteiger partial charge on any atom is -0.321 e. The number of benzene rings is 2. The quantitative estimate of drug-likeness (QED) is 0.710. The van der Waals surface area contributed by atoms with Gasteiger partial charge in [-0.15, -0.1) is 0 Å². The van der Waals surface area contributed by atoms with Crippen molar-refractivity contribution in [2.45, 2.75) is 0 Å². The smallest absolute Gasteiger partial charge is 0.279 e. The number of anilines is 1. The van der Waals surface area contributed by atoms with Gasteiger partial charge in [0.1, 0.15) is 0 Å². The maximum atomic E-state index is 12.4. The van der Waals surface area contributed by atoms with Crippen LogP contribution < -0.4 is 5.32 Å². The largest absolute Gasteiger partial charge is 0.321 e. The second-order valence-electron chi connectivity index (χ2n) is 4.89. The van der Waals surface area contributed by atoms with E-state index in [1.165, 1.54) is 12.3 Å². The predicted octanol–water partition coefficient (Wildman–Crippen LogP) is 4.24. The second kappa shape index (κ2) is 6.98. The van der Waals surface area contributed by atoms with Crippen LogP contribution in [0.1, 0.15) is 20.8 Å². The molecule has 1 N–H and O–H groups in total. The SMILES string of the molecule is O=C(Nc1ccc(Br)cc1)c1ccn(C(=O)c2ccccc2Cl)n1. The molecule has 0 aliphatic heterocycles. The molecule has 5 nitrogen and oxygen atoms in total. The summed E-state index contributed by atoms with van der Waals surface area (Å²) in [4.78, 5) is 24.6. The molecule has 1 heterocycles. The molecule has 0 radical (unpaired) electrons. The van der Waals surface area contributed by atoms with Gasteiger partial charge < -0.3 is 5.32 Å². The fourth-order valence-corrected chi connectivity index (χ4v) is 2.53. The van der Waals surface area contributed by atoms with E-state index >= 15 is 0 Å². The molecular weight excluding hydrogens is 394 g/mol. The van der Waals surface area contributed by atoms with E-state index in [2.05, 4.69) is 26.3 Å². The lowest BCUT2D eigenvalue weighted by Gasteiger charge is -2.04. The van der Waals surface area contributed by atoms with Crippen LogP contribution in [0.4, 0.5) is 5.69 Å². The van der Waals surface area contributed by atoms with E-state index in [1.807, 2.05) is 12.1 Å². The molecule has 2 aromatic carbocycles. The summed E-state index contributed by atoms with van der Waals surface area (Å²) < 4.78 is 2.01. The molecule has 0 saturated heterocycles. The number of amides is 1. The highest BCUT2D eigenvalue weighted by Crippen LogP contribution is 2.17. The highest BCUT2D eigenvalue weighted by molar-refractivity contribution is 9.10. The van der Waals surface area contributed by atoms with Gasteiger partial charge in [-0.1, -0.05) is 39.7 Å². The Morgan fingerprint density at radius 2 is 1.75 bits per heavy atom. The Hall–Kier alpha value is -2.44. The molecule has 3 aromatic rings. The Labute approximate surface area is 151 Å². The minimum atomic E-state index is -0.400. The molecule has 24 heavy (non-hydrogen) atoms. The third-order valence-electron chi connectivity index (χ3n) is 3.24. The van der Waals surface area contributed by atoms with Crippen LogP contribution in [-0.2, 0) is 0 Å². The topological polar surface area (TPSA) is 64.0 Å². The number of hydrogen-bond acceptors (Lipinski definition) is 3. The number of aromatic nitrogens is 2. The third kappa shape index (κ3) is 3.55. The van der Waals surface area contributed by atoms with Crippen molar-refractivity contribution in [2.24, 2.45) is 0 Å². The Morgan fingerprint density at radius 3 is 2.46 bits per heavy atom. The molecule has 0 atom stereocenters. The fourth-order valence-electron chi connectivity index (χ4n) is 2.04. The Bertz CT molecular complexity index is 906. The van der Waals surface area contributed by atoms with Crippen molar-refractivity contribution in [2.75, 3.05) is 5.32 Å². The average molecular weight is 405 g/mol. The summed E-state index contributed by atoms with van der Waals surface area (Å²) in [6.45, 7) is 0. The van der Waals surface area contributed by atoms with Crippen LogP contribution in [0.3, 0.4) is 0 Å². The number of halogens is 2. The molecule has 0 spiro atoms. The van der Waals surface area contributed by atoms with Crippen LogP contribution in [0.2, 0.25) is 5.02 Å². The van der Waals surface area contributed by atoms with Gasteiger partial charge in [0.15, 0.2) is 5.69 Å². The van der Waals surface area contributed by atoms with Crippen LogP contribution in [0, 0.1) is 0 Å². The van der Waals surface area contributed by atoms with Gasteiger partial charge in [-0.05, 0) is 42.5 Å². The molecule has 0 fully saturated rings. The Kier molecular flexibility index (Phi) is 4.78. The first-order chi connectivity index (χ1) is 11.5. The van der Waals surface area contributed by atoms with Crippen LogP contribution in [0.15, 0.2) is 65.3 Å². The average Bonchev–Trinajstić information content (AvgIpc) is 3.07. The third-order valence-corrected chi connectivity index (χ3v) is 4.09. The van der Waals surface area contributed by atoms with Crippen LogP contribution in [0.25, 0.3) is 0 Å². The van der Waals surface area contributed by atoms with Crippen molar-refractivity contribution in [3.8, 4) is 0 Å². The van der Waals surface area contributed by atoms with Gasteiger partial charge in [-0.25, -0.2) is 4.68 Å². The van der Waals surface area contributed by atoms with E-state index in [4.69, 9.17) is 11.6 Å². The van der Waals surface area contributed by atoms with Crippen molar-refractivity contribution in [1.82, 2.24) is 9.78 Å². The zero-order chi connectivity index (χ0) is 17.1. The van der Waals surface area contributed by atoms with Gasteiger partial charge in [0, 0.05) is 16.4 Å². The van der Waals surface area contributed by atoms with Crippen LogP contribution in [0.5, 0.6) is 0 Å². The summed E-state index contributed by atoms with van der Waals surface area (Å²) in [6.07, 6.45) is 1.43. The van der Waals surface area contributed by atoms with E-state index in [0.717, 1.165) is 9.15 Å². The van der Waals surface area contributed by atoms with Gasteiger partial charge in [0.25, 0.3) is 11.8 Å². The molecule has 0 aliphatic carbocycles. The lowest BCUT2D eigenvalue weighted by Crippen LogP contribution is -2.16. The van der Waals surface area contributed by atoms with E-state index < -0.39 is 11.8 Å². The molecule has 0 saturated carbocycles. The number of carbonyl (C=O) groups is 2. The lowest BCUT2D eigenvalue weighted by atomic mass is 10.2. The summed E-state index contributed by atoms with van der Waals surface area (Å²) in [7, 11) is 0. The highest BCUT2D eigenvalue weighted by atomic mass is 79.9. The minimum absolute atomic E-state index is 0.137. The lowest BCUT2D eigenvalue weighted by molar-refractivity contribution is 0.0944. The first kappa shape index (κ1) is 16.4. The van der Waals surface area contributed by atoms with E-state index in [1.54, 1.807) is 36.4 Å². The zero-order valence-corrected chi connectivity index (χ0v) is 14.6. The monoisotopic (exact) mass is 403 g/mol. The van der Waals surface area contributed by atoms with Gasteiger partial charge in [0.2, 0.25) is 0 Å². The Balaban J connectivity index is 1.77.